The predicted molar refractivity (Wildman–Crippen MR) is 31.0 cm³/mol. The molecule has 0 fully saturated rings. The second kappa shape index (κ2) is 2.44. The van der Waals surface area contributed by atoms with Crippen molar-refractivity contribution in [3.05, 3.63) is 18.4 Å². The highest BCUT2D eigenvalue weighted by Crippen LogP contribution is 2.09. The van der Waals surface area contributed by atoms with Gasteiger partial charge in [0.1, 0.15) is 12.0 Å². The summed E-state index contributed by atoms with van der Waals surface area (Å²) in [6.45, 7) is 1.76. The van der Waals surface area contributed by atoms with Crippen LogP contribution in [0.4, 0.5) is 0 Å². The molecule has 0 N–H and O–H groups in total. The van der Waals surface area contributed by atoms with Gasteiger partial charge in [-0.2, -0.15) is 0 Å². The second-order valence-corrected chi connectivity index (χ2v) is 1.83. The van der Waals surface area contributed by atoms with E-state index in [2.05, 4.69) is 4.98 Å². The van der Waals surface area contributed by atoms with Gasteiger partial charge in [0.15, 0.2) is 6.39 Å². The van der Waals surface area contributed by atoms with Gasteiger partial charge in [-0.05, 0) is 6.92 Å². The van der Waals surface area contributed by atoms with Crippen LogP contribution in [0.3, 0.4) is 0 Å². The molecule has 0 amide bonds. The van der Waals surface area contributed by atoms with Gasteiger partial charge in [0.2, 0.25) is 0 Å². The first-order chi connectivity index (χ1) is 4.34. The highest BCUT2D eigenvalue weighted by Gasteiger charge is 2.05. The molecule has 0 radical (unpaired) electrons. The summed E-state index contributed by atoms with van der Waals surface area (Å²) >= 11 is 0. The lowest BCUT2D eigenvalue weighted by Gasteiger charge is -1.92. The molecule has 3 heteroatoms. The minimum Gasteiger partial charge on any atom is -0.448 e. The third-order valence-electron chi connectivity index (χ3n) is 1.10. The Hall–Kier alpha value is -1.12. The maximum absolute atomic E-state index is 10.1. The minimum atomic E-state index is -0.174. The molecule has 3 nitrogen and oxygen atoms in total. The van der Waals surface area contributed by atoms with Crippen molar-refractivity contribution in [2.24, 2.45) is 0 Å². The van der Waals surface area contributed by atoms with Gasteiger partial charge in [-0.3, -0.25) is 0 Å². The van der Waals surface area contributed by atoms with Crippen LogP contribution in [0, 0.1) is 0 Å². The smallest absolute Gasteiger partial charge is 0.180 e. The van der Waals surface area contributed by atoms with Crippen molar-refractivity contribution in [3.8, 4) is 0 Å². The van der Waals surface area contributed by atoms with Crippen LogP contribution >= 0.6 is 0 Å². The Morgan fingerprint density at radius 2 is 2.67 bits per heavy atom. The molecule has 9 heavy (non-hydrogen) atoms. The van der Waals surface area contributed by atoms with Crippen LogP contribution in [-0.4, -0.2) is 11.3 Å². The zero-order valence-electron chi connectivity index (χ0n) is 5.07. The van der Waals surface area contributed by atoms with Gasteiger partial charge in [0.05, 0.1) is 12.1 Å². The van der Waals surface area contributed by atoms with Crippen molar-refractivity contribution in [2.45, 2.75) is 12.8 Å². The average molecular weight is 125 g/mol. The Bertz CT molecular complexity index is 181. The fourth-order valence-electron chi connectivity index (χ4n) is 0.518. The van der Waals surface area contributed by atoms with E-state index in [9.17, 15) is 4.79 Å². The summed E-state index contributed by atoms with van der Waals surface area (Å²) in [5.74, 6) is 0.442. The molecule has 0 saturated heterocycles. The Morgan fingerprint density at radius 3 is 3.11 bits per heavy atom. The van der Waals surface area contributed by atoms with Crippen LogP contribution in [0.15, 0.2) is 17.0 Å². The maximum Gasteiger partial charge on any atom is 0.180 e. The van der Waals surface area contributed by atoms with Gasteiger partial charge in [0.25, 0.3) is 0 Å². The van der Waals surface area contributed by atoms with Crippen molar-refractivity contribution in [2.75, 3.05) is 0 Å². The molecule has 0 aliphatic heterocycles. The van der Waals surface area contributed by atoms with Crippen LogP contribution in [0.25, 0.3) is 0 Å². The Morgan fingerprint density at radius 1 is 1.89 bits per heavy atom. The van der Waals surface area contributed by atoms with Crippen LogP contribution < -0.4 is 0 Å². The first kappa shape index (κ1) is 6.01. The SMILES string of the molecule is CC(C=O)c1cnco1. The van der Waals surface area contributed by atoms with Crippen molar-refractivity contribution in [1.29, 1.82) is 0 Å². The molecule has 1 rings (SSSR count). The van der Waals surface area contributed by atoms with Gasteiger partial charge in [0, 0.05) is 0 Å². The summed E-state index contributed by atoms with van der Waals surface area (Å²) in [6, 6.07) is 0. The lowest BCUT2D eigenvalue weighted by molar-refractivity contribution is -0.109. The first-order valence-corrected chi connectivity index (χ1v) is 2.68. The molecule has 0 aliphatic rings. The molecule has 0 aliphatic carbocycles. The van der Waals surface area contributed by atoms with Gasteiger partial charge in [-0.25, -0.2) is 4.98 Å². The minimum absolute atomic E-state index is 0.174. The lowest BCUT2D eigenvalue weighted by atomic mass is 10.2. The molecule has 0 bridgehead atoms. The summed E-state index contributed by atoms with van der Waals surface area (Å²) in [7, 11) is 0. The largest absolute Gasteiger partial charge is 0.448 e. The third-order valence-corrected chi connectivity index (χ3v) is 1.10. The highest BCUT2D eigenvalue weighted by molar-refractivity contribution is 5.59. The van der Waals surface area contributed by atoms with E-state index < -0.39 is 0 Å². The number of aromatic nitrogens is 1. The zero-order valence-corrected chi connectivity index (χ0v) is 5.07. The topological polar surface area (TPSA) is 43.1 Å². The van der Waals surface area contributed by atoms with Crippen LogP contribution in [0.5, 0.6) is 0 Å². The fraction of sp³-hybridized carbons (Fsp3) is 0.333. The van der Waals surface area contributed by atoms with E-state index in [4.69, 9.17) is 4.42 Å². The van der Waals surface area contributed by atoms with Gasteiger partial charge < -0.3 is 9.21 Å². The molecular weight excluding hydrogens is 118 g/mol. The van der Waals surface area contributed by atoms with Crippen LogP contribution in [-0.2, 0) is 4.79 Å². The molecule has 0 spiro atoms. The maximum atomic E-state index is 10.1. The standard InChI is InChI=1S/C6H7NO2/c1-5(3-8)6-2-7-4-9-6/h2-5H,1H3. The van der Waals surface area contributed by atoms with Gasteiger partial charge in [-0.1, -0.05) is 0 Å². The number of hydrogen-bond acceptors (Lipinski definition) is 3. The van der Waals surface area contributed by atoms with E-state index in [1.807, 2.05) is 0 Å². The molecule has 48 valence electrons. The second-order valence-electron chi connectivity index (χ2n) is 1.83. The van der Waals surface area contributed by atoms with Crippen molar-refractivity contribution < 1.29 is 9.21 Å². The Balaban J connectivity index is 2.76. The fourth-order valence-corrected chi connectivity index (χ4v) is 0.518. The van der Waals surface area contributed by atoms with Crippen molar-refractivity contribution in [1.82, 2.24) is 4.98 Å². The lowest BCUT2D eigenvalue weighted by Crippen LogP contribution is -1.90. The highest BCUT2D eigenvalue weighted by atomic mass is 16.3. The van der Waals surface area contributed by atoms with Crippen molar-refractivity contribution >= 4 is 6.29 Å². The summed E-state index contributed by atoms with van der Waals surface area (Å²) in [4.78, 5) is 13.8. The van der Waals surface area contributed by atoms with E-state index in [1.54, 1.807) is 13.1 Å². The number of rotatable bonds is 2. The zero-order chi connectivity index (χ0) is 6.69. The van der Waals surface area contributed by atoms with Crippen molar-refractivity contribution in [3.63, 3.8) is 0 Å². The summed E-state index contributed by atoms with van der Waals surface area (Å²) in [6.07, 6.45) is 3.68. The number of aldehydes is 1. The Labute approximate surface area is 52.7 Å². The number of carbonyl (C=O) groups is 1. The van der Waals surface area contributed by atoms with E-state index in [0.717, 1.165) is 6.29 Å². The number of nitrogens with zero attached hydrogens (tertiary/aromatic N) is 1. The monoisotopic (exact) mass is 125 g/mol. The van der Waals surface area contributed by atoms with E-state index in [-0.39, 0.29) is 5.92 Å². The molecular formula is C6H7NO2. The van der Waals surface area contributed by atoms with E-state index in [0.29, 0.717) is 5.76 Å². The Kier molecular flexibility index (Phi) is 1.63. The van der Waals surface area contributed by atoms with Crippen LogP contribution in [0.1, 0.15) is 18.6 Å². The predicted octanol–water partition coefficient (Wildman–Crippen LogP) is 0.977. The summed E-state index contributed by atoms with van der Waals surface area (Å²) in [5, 5.41) is 0. The number of carbonyl (C=O) groups excluding carboxylic acids is 1. The molecule has 1 heterocycles. The molecule has 0 aromatic carbocycles. The summed E-state index contributed by atoms with van der Waals surface area (Å²) < 4.78 is 4.84. The average Bonchev–Trinajstić information content (AvgIpc) is 2.37. The number of oxazole rings is 1. The molecule has 1 aromatic heterocycles. The van der Waals surface area contributed by atoms with Gasteiger partial charge >= 0.3 is 0 Å². The van der Waals surface area contributed by atoms with Crippen LogP contribution in [0.2, 0.25) is 0 Å². The normalized spacial score (nSPS) is 13.0. The van der Waals surface area contributed by atoms with E-state index in [1.165, 1.54) is 6.39 Å². The quantitative estimate of drug-likeness (QED) is 0.553. The molecule has 1 atom stereocenters. The molecule has 1 unspecified atom stereocenters. The summed E-state index contributed by atoms with van der Waals surface area (Å²) in [5.41, 5.74) is 0. The third kappa shape index (κ3) is 1.16. The van der Waals surface area contributed by atoms with E-state index >= 15 is 0 Å². The molecule has 1 aromatic rings. The molecule has 0 saturated carbocycles. The first-order valence-electron chi connectivity index (χ1n) is 2.68. The number of hydrogen-bond donors (Lipinski definition) is 0. The van der Waals surface area contributed by atoms with Gasteiger partial charge in [-0.15, -0.1) is 0 Å².